The molecule has 0 aliphatic heterocycles. The molecule has 0 fully saturated rings. The molecule has 3 heteroatoms. The van der Waals surface area contributed by atoms with Crippen molar-refractivity contribution in [3.63, 3.8) is 0 Å². The summed E-state index contributed by atoms with van der Waals surface area (Å²) in [6.07, 6.45) is 1.95. The molecule has 118 valence electrons. The summed E-state index contributed by atoms with van der Waals surface area (Å²) in [5.74, 6) is 0.297. The van der Waals surface area contributed by atoms with Crippen LogP contribution in [-0.4, -0.2) is 26.8 Å². The Morgan fingerprint density at radius 1 is 0.955 bits per heavy atom. The fourth-order valence-electron chi connectivity index (χ4n) is 2.60. The van der Waals surface area contributed by atoms with Gasteiger partial charge in [-0.05, 0) is 48.6 Å². The number of benzene rings is 2. The van der Waals surface area contributed by atoms with Gasteiger partial charge in [-0.1, -0.05) is 42.5 Å². The summed E-state index contributed by atoms with van der Waals surface area (Å²) in [4.78, 5) is 0. The second-order valence-corrected chi connectivity index (χ2v) is 5.58. The van der Waals surface area contributed by atoms with E-state index in [2.05, 4.69) is 29.6 Å². The number of hydrogen-bond donors (Lipinski definition) is 1. The molecule has 2 aromatic rings. The molecule has 0 aliphatic rings. The summed E-state index contributed by atoms with van der Waals surface area (Å²) in [5, 5.41) is 3.44. The zero-order chi connectivity index (χ0) is 15.6. The van der Waals surface area contributed by atoms with Crippen LogP contribution >= 0.6 is 0 Å². The Bertz CT molecular complexity index is 527. The quantitative estimate of drug-likeness (QED) is 0.716. The van der Waals surface area contributed by atoms with Crippen molar-refractivity contribution in [2.75, 3.05) is 26.8 Å². The van der Waals surface area contributed by atoms with E-state index in [1.165, 1.54) is 23.3 Å². The number of halogens is 1. The lowest BCUT2D eigenvalue weighted by molar-refractivity contribution is 0.197. The molecule has 0 saturated heterocycles. The summed E-state index contributed by atoms with van der Waals surface area (Å²) < 4.78 is 18.1. The predicted octanol–water partition coefficient (Wildman–Crippen LogP) is 3.46. The van der Waals surface area contributed by atoms with Gasteiger partial charge in [-0.15, -0.1) is 0 Å². The van der Waals surface area contributed by atoms with Crippen LogP contribution < -0.4 is 5.32 Å². The lowest BCUT2D eigenvalue weighted by atomic mass is 9.92. The van der Waals surface area contributed by atoms with Crippen LogP contribution in [0.3, 0.4) is 0 Å². The van der Waals surface area contributed by atoms with E-state index in [1.807, 2.05) is 18.2 Å². The molecule has 0 bridgehead atoms. The Hall–Kier alpha value is -1.71. The van der Waals surface area contributed by atoms with Crippen molar-refractivity contribution in [2.45, 2.75) is 12.8 Å². The fraction of sp³-hybridized carbons (Fsp3) is 0.368. The largest absolute Gasteiger partial charge is 0.383 e. The minimum absolute atomic E-state index is 0.179. The highest BCUT2D eigenvalue weighted by molar-refractivity contribution is 5.19. The third kappa shape index (κ3) is 5.96. The van der Waals surface area contributed by atoms with E-state index in [0.29, 0.717) is 12.5 Å². The normalized spacial score (nSPS) is 12.3. The minimum Gasteiger partial charge on any atom is -0.383 e. The lowest BCUT2D eigenvalue weighted by Gasteiger charge is -2.18. The van der Waals surface area contributed by atoms with Crippen molar-refractivity contribution in [3.05, 3.63) is 71.5 Å². The lowest BCUT2D eigenvalue weighted by Crippen LogP contribution is -2.28. The molecule has 0 aliphatic carbocycles. The predicted molar refractivity (Wildman–Crippen MR) is 88.5 cm³/mol. The van der Waals surface area contributed by atoms with Crippen LogP contribution in [0.25, 0.3) is 0 Å². The molecule has 0 aromatic heterocycles. The Labute approximate surface area is 132 Å². The number of methoxy groups -OCH3 is 1. The highest BCUT2D eigenvalue weighted by Crippen LogP contribution is 2.15. The first kappa shape index (κ1) is 16.7. The van der Waals surface area contributed by atoms with E-state index in [9.17, 15) is 4.39 Å². The second kappa shape index (κ2) is 9.34. The molecule has 2 rings (SSSR count). The Kier molecular flexibility index (Phi) is 7.07. The summed E-state index contributed by atoms with van der Waals surface area (Å²) in [6, 6.07) is 17.3. The average Bonchev–Trinajstić information content (AvgIpc) is 2.54. The van der Waals surface area contributed by atoms with Crippen LogP contribution in [0.15, 0.2) is 54.6 Å². The van der Waals surface area contributed by atoms with Crippen LogP contribution in [0.2, 0.25) is 0 Å². The summed E-state index contributed by atoms with van der Waals surface area (Å²) >= 11 is 0. The molecule has 1 unspecified atom stereocenters. The van der Waals surface area contributed by atoms with Gasteiger partial charge in [0, 0.05) is 13.7 Å². The smallest absolute Gasteiger partial charge is 0.123 e. The highest BCUT2D eigenvalue weighted by atomic mass is 19.1. The molecule has 0 amide bonds. The molecule has 22 heavy (non-hydrogen) atoms. The third-order valence-corrected chi connectivity index (χ3v) is 3.72. The molecule has 1 N–H and O–H groups in total. The standard InChI is InChI=1S/C19H24FNO/c1-22-12-11-21-15-18(13-16-5-3-2-4-6-16)14-17-7-9-19(20)10-8-17/h2-10,18,21H,11-15H2,1H3. The third-order valence-electron chi connectivity index (χ3n) is 3.72. The van der Waals surface area contributed by atoms with E-state index in [1.54, 1.807) is 7.11 Å². The summed E-state index contributed by atoms with van der Waals surface area (Å²) in [6.45, 7) is 2.50. The van der Waals surface area contributed by atoms with Crippen LogP contribution in [0.5, 0.6) is 0 Å². The average molecular weight is 301 g/mol. The van der Waals surface area contributed by atoms with E-state index in [-0.39, 0.29) is 5.82 Å². The van der Waals surface area contributed by atoms with Gasteiger partial charge in [-0.3, -0.25) is 0 Å². The number of ether oxygens (including phenoxy) is 1. The Balaban J connectivity index is 1.95. The molecule has 2 aromatic carbocycles. The van der Waals surface area contributed by atoms with Crippen LogP contribution in [-0.2, 0) is 17.6 Å². The molecule has 0 radical (unpaired) electrons. The minimum atomic E-state index is -0.179. The maximum absolute atomic E-state index is 13.0. The summed E-state index contributed by atoms with van der Waals surface area (Å²) in [5.41, 5.74) is 2.51. The maximum Gasteiger partial charge on any atom is 0.123 e. The first-order chi connectivity index (χ1) is 10.8. The van der Waals surface area contributed by atoms with Crippen molar-refractivity contribution < 1.29 is 9.13 Å². The molecule has 2 nitrogen and oxygen atoms in total. The number of hydrogen-bond acceptors (Lipinski definition) is 2. The van der Waals surface area contributed by atoms with Gasteiger partial charge in [0.1, 0.15) is 5.82 Å². The van der Waals surface area contributed by atoms with E-state index >= 15 is 0 Å². The SMILES string of the molecule is COCCNCC(Cc1ccccc1)Cc1ccc(F)cc1. The zero-order valence-electron chi connectivity index (χ0n) is 13.1. The van der Waals surface area contributed by atoms with E-state index in [0.717, 1.165) is 25.9 Å². The fourth-order valence-corrected chi connectivity index (χ4v) is 2.60. The molecular formula is C19H24FNO. The monoisotopic (exact) mass is 301 g/mol. The first-order valence-corrected chi connectivity index (χ1v) is 7.76. The Morgan fingerprint density at radius 2 is 1.59 bits per heavy atom. The maximum atomic E-state index is 13.0. The summed E-state index contributed by atoms with van der Waals surface area (Å²) in [7, 11) is 1.71. The Morgan fingerprint density at radius 3 is 2.23 bits per heavy atom. The van der Waals surface area contributed by atoms with Gasteiger partial charge in [0.05, 0.1) is 6.61 Å². The molecule has 0 saturated carbocycles. The van der Waals surface area contributed by atoms with Gasteiger partial charge < -0.3 is 10.1 Å². The van der Waals surface area contributed by atoms with Gasteiger partial charge in [0.15, 0.2) is 0 Å². The van der Waals surface area contributed by atoms with Gasteiger partial charge in [0.2, 0.25) is 0 Å². The number of rotatable bonds is 9. The van der Waals surface area contributed by atoms with Crippen LogP contribution in [0, 0.1) is 11.7 Å². The molecular weight excluding hydrogens is 277 g/mol. The van der Waals surface area contributed by atoms with E-state index < -0.39 is 0 Å². The van der Waals surface area contributed by atoms with Crippen LogP contribution in [0.4, 0.5) is 4.39 Å². The highest BCUT2D eigenvalue weighted by Gasteiger charge is 2.11. The van der Waals surface area contributed by atoms with Crippen molar-refractivity contribution in [1.29, 1.82) is 0 Å². The van der Waals surface area contributed by atoms with Gasteiger partial charge in [-0.25, -0.2) is 4.39 Å². The van der Waals surface area contributed by atoms with Gasteiger partial charge >= 0.3 is 0 Å². The second-order valence-electron chi connectivity index (χ2n) is 5.58. The topological polar surface area (TPSA) is 21.3 Å². The van der Waals surface area contributed by atoms with Crippen molar-refractivity contribution in [3.8, 4) is 0 Å². The first-order valence-electron chi connectivity index (χ1n) is 7.76. The van der Waals surface area contributed by atoms with E-state index in [4.69, 9.17) is 4.74 Å². The molecule has 1 atom stereocenters. The van der Waals surface area contributed by atoms with Crippen LogP contribution in [0.1, 0.15) is 11.1 Å². The van der Waals surface area contributed by atoms with Gasteiger partial charge in [-0.2, -0.15) is 0 Å². The number of nitrogens with one attached hydrogen (secondary N) is 1. The van der Waals surface area contributed by atoms with Gasteiger partial charge in [0.25, 0.3) is 0 Å². The molecule has 0 spiro atoms. The van der Waals surface area contributed by atoms with Crippen molar-refractivity contribution in [1.82, 2.24) is 5.32 Å². The zero-order valence-corrected chi connectivity index (χ0v) is 13.1. The van der Waals surface area contributed by atoms with Crippen molar-refractivity contribution >= 4 is 0 Å². The van der Waals surface area contributed by atoms with Crippen molar-refractivity contribution in [2.24, 2.45) is 5.92 Å². The molecule has 0 heterocycles.